The van der Waals surface area contributed by atoms with Gasteiger partial charge >= 0.3 is 0 Å². The minimum atomic E-state index is -3.80. The van der Waals surface area contributed by atoms with Gasteiger partial charge in [-0.15, -0.1) is 0 Å². The van der Waals surface area contributed by atoms with Crippen molar-refractivity contribution in [3.8, 4) is 6.07 Å². The van der Waals surface area contributed by atoms with E-state index in [4.69, 9.17) is 5.26 Å². The number of hydrogen-bond acceptors (Lipinski definition) is 3. The van der Waals surface area contributed by atoms with Gasteiger partial charge in [-0.25, -0.2) is 12.8 Å². The summed E-state index contributed by atoms with van der Waals surface area (Å²) in [5, 5.41) is 8.75. The van der Waals surface area contributed by atoms with Gasteiger partial charge in [-0.1, -0.05) is 17.7 Å². The number of benzene rings is 2. The van der Waals surface area contributed by atoms with Crippen molar-refractivity contribution in [1.29, 1.82) is 5.26 Å². The molecule has 2 aromatic rings. The van der Waals surface area contributed by atoms with Gasteiger partial charge in [0.2, 0.25) is 0 Å². The Hall–Kier alpha value is -2.39. The minimum absolute atomic E-state index is 0.0122. The highest BCUT2D eigenvalue weighted by molar-refractivity contribution is 7.92. The van der Waals surface area contributed by atoms with E-state index in [0.717, 1.165) is 9.87 Å². The van der Waals surface area contributed by atoms with Crippen molar-refractivity contribution in [1.82, 2.24) is 0 Å². The van der Waals surface area contributed by atoms with Gasteiger partial charge in [0, 0.05) is 6.54 Å². The van der Waals surface area contributed by atoms with E-state index in [2.05, 4.69) is 0 Å². The smallest absolute Gasteiger partial charge is 0.264 e. The van der Waals surface area contributed by atoms with E-state index in [1.807, 2.05) is 13.0 Å². The molecule has 0 aromatic heterocycles. The molecule has 0 atom stereocenters. The first kappa shape index (κ1) is 16.0. The molecule has 0 aliphatic heterocycles. The maximum Gasteiger partial charge on any atom is 0.264 e. The van der Waals surface area contributed by atoms with Crippen LogP contribution in [0.15, 0.2) is 53.4 Å². The Bertz CT molecular complexity index is 778. The number of anilines is 1. The lowest BCUT2D eigenvalue weighted by Gasteiger charge is -2.23. The van der Waals surface area contributed by atoms with Crippen LogP contribution in [0.25, 0.3) is 0 Å². The lowest BCUT2D eigenvalue weighted by atomic mass is 10.2. The number of nitriles is 1. The van der Waals surface area contributed by atoms with Crippen LogP contribution in [0.4, 0.5) is 10.1 Å². The second-order valence-corrected chi connectivity index (χ2v) is 6.64. The highest BCUT2D eigenvalue weighted by Gasteiger charge is 2.24. The molecule has 0 fully saturated rings. The summed E-state index contributed by atoms with van der Waals surface area (Å²) in [7, 11) is -3.80. The van der Waals surface area contributed by atoms with E-state index in [1.165, 1.54) is 36.4 Å². The number of rotatable bonds is 5. The van der Waals surface area contributed by atoms with Crippen LogP contribution in [0.5, 0.6) is 0 Å². The number of aryl methyl sites for hydroxylation is 1. The molecule has 22 heavy (non-hydrogen) atoms. The largest absolute Gasteiger partial charge is 0.265 e. The van der Waals surface area contributed by atoms with Crippen LogP contribution >= 0.6 is 0 Å². The fourth-order valence-corrected chi connectivity index (χ4v) is 3.45. The van der Waals surface area contributed by atoms with E-state index in [-0.39, 0.29) is 17.9 Å². The van der Waals surface area contributed by atoms with E-state index in [1.54, 1.807) is 12.1 Å². The van der Waals surface area contributed by atoms with E-state index in [0.29, 0.717) is 5.69 Å². The molecule has 0 N–H and O–H groups in total. The van der Waals surface area contributed by atoms with Gasteiger partial charge in [-0.3, -0.25) is 4.31 Å². The third-order valence-corrected chi connectivity index (χ3v) is 4.99. The van der Waals surface area contributed by atoms with Crippen molar-refractivity contribution in [2.45, 2.75) is 18.2 Å². The first-order valence-corrected chi connectivity index (χ1v) is 8.11. The predicted octanol–water partition coefficient (Wildman–Crippen LogP) is 3.24. The normalized spacial score (nSPS) is 11.0. The Morgan fingerprint density at radius 3 is 2.23 bits per heavy atom. The zero-order valence-electron chi connectivity index (χ0n) is 12.0. The lowest BCUT2D eigenvalue weighted by molar-refractivity contribution is 0.590. The summed E-state index contributed by atoms with van der Waals surface area (Å²) in [6, 6.07) is 13.6. The molecule has 0 saturated heterocycles. The van der Waals surface area contributed by atoms with Crippen LogP contribution in [-0.4, -0.2) is 15.0 Å². The zero-order valence-corrected chi connectivity index (χ0v) is 12.8. The lowest BCUT2D eigenvalue weighted by Crippen LogP contribution is -2.31. The van der Waals surface area contributed by atoms with E-state index >= 15 is 0 Å². The monoisotopic (exact) mass is 318 g/mol. The minimum Gasteiger partial charge on any atom is -0.265 e. The van der Waals surface area contributed by atoms with Crippen molar-refractivity contribution >= 4 is 15.7 Å². The zero-order chi connectivity index (χ0) is 16.2. The Labute approximate surface area is 129 Å². The standard InChI is InChI=1S/C16H15FN2O2S/c1-13-3-9-16(10-4-13)22(20,21)19(12-2-11-18)15-7-5-14(17)6-8-15/h3-10H,2,12H2,1H3. The molecule has 2 aromatic carbocycles. The van der Waals surface area contributed by atoms with Crippen LogP contribution in [0.3, 0.4) is 0 Å². The van der Waals surface area contributed by atoms with Crippen molar-refractivity contribution in [2.24, 2.45) is 0 Å². The van der Waals surface area contributed by atoms with Crippen LogP contribution < -0.4 is 4.31 Å². The Morgan fingerprint density at radius 1 is 1.09 bits per heavy atom. The van der Waals surface area contributed by atoms with Crippen LogP contribution in [0, 0.1) is 24.1 Å². The fourth-order valence-electron chi connectivity index (χ4n) is 1.98. The second-order valence-electron chi connectivity index (χ2n) is 4.77. The molecule has 4 nitrogen and oxygen atoms in total. The average molecular weight is 318 g/mol. The van der Waals surface area contributed by atoms with Gasteiger partial charge in [-0.05, 0) is 43.3 Å². The summed E-state index contributed by atoms with van der Waals surface area (Å²) < 4.78 is 39.7. The number of sulfonamides is 1. The third-order valence-electron chi connectivity index (χ3n) is 3.15. The molecule has 0 saturated carbocycles. The van der Waals surface area contributed by atoms with Crippen molar-refractivity contribution in [3.63, 3.8) is 0 Å². The van der Waals surface area contributed by atoms with Gasteiger partial charge in [0.1, 0.15) is 5.82 Å². The van der Waals surface area contributed by atoms with Crippen LogP contribution in [0.1, 0.15) is 12.0 Å². The predicted molar refractivity (Wildman–Crippen MR) is 82.3 cm³/mol. The second kappa shape index (κ2) is 6.58. The summed E-state index contributed by atoms with van der Waals surface area (Å²) in [5.41, 5.74) is 1.28. The highest BCUT2D eigenvalue weighted by atomic mass is 32.2. The first-order valence-electron chi connectivity index (χ1n) is 6.67. The molecule has 0 unspecified atom stereocenters. The maximum absolute atomic E-state index is 13.0. The van der Waals surface area contributed by atoms with Crippen LogP contribution in [-0.2, 0) is 10.0 Å². The molecule has 114 valence electrons. The molecule has 6 heteroatoms. The summed E-state index contributed by atoms with van der Waals surface area (Å²) in [6.45, 7) is 1.88. The van der Waals surface area contributed by atoms with Gasteiger partial charge in [0.25, 0.3) is 10.0 Å². The molecular formula is C16H15FN2O2S. The average Bonchev–Trinajstić information content (AvgIpc) is 2.49. The quantitative estimate of drug-likeness (QED) is 0.850. The molecule has 0 radical (unpaired) electrons. The third kappa shape index (κ3) is 3.43. The molecular weight excluding hydrogens is 303 g/mol. The molecule has 0 aliphatic carbocycles. The molecule has 0 aliphatic rings. The van der Waals surface area contributed by atoms with Gasteiger partial charge in [0.15, 0.2) is 0 Å². The summed E-state index contributed by atoms with van der Waals surface area (Å²) >= 11 is 0. The number of hydrogen-bond donors (Lipinski definition) is 0. The van der Waals surface area contributed by atoms with Crippen molar-refractivity contribution in [3.05, 3.63) is 59.9 Å². The summed E-state index contributed by atoms with van der Waals surface area (Å²) in [5.74, 6) is -0.447. The Kier molecular flexibility index (Phi) is 4.78. The number of halogens is 1. The topological polar surface area (TPSA) is 61.2 Å². The van der Waals surface area contributed by atoms with Crippen molar-refractivity contribution < 1.29 is 12.8 Å². The maximum atomic E-state index is 13.0. The molecule has 0 heterocycles. The molecule has 0 spiro atoms. The van der Waals surface area contributed by atoms with Gasteiger partial charge < -0.3 is 0 Å². The Morgan fingerprint density at radius 2 is 1.68 bits per heavy atom. The van der Waals surface area contributed by atoms with E-state index in [9.17, 15) is 12.8 Å². The highest BCUT2D eigenvalue weighted by Crippen LogP contribution is 2.24. The number of nitrogens with zero attached hydrogens (tertiary/aromatic N) is 2. The van der Waals surface area contributed by atoms with Crippen molar-refractivity contribution in [2.75, 3.05) is 10.8 Å². The summed E-state index contributed by atoms with van der Waals surface area (Å²) in [4.78, 5) is 0.139. The van der Waals surface area contributed by atoms with Gasteiger partial charge in [0.05, 0.1) is 23.1 Å². The SMILES string of the molecule is Cc1ccc(S(=O)(=O)N(CCC#N)c2ccc(F)cc2)cc1. The molecule has 0 amide bonds. The first-order chi connectivity index (χ1) is 10.4. The Balaban J connectivity index is 2.46. The van der Waals surface area contributed by atoms with E-state index < -0.39 is 15.8 Å². The summed E-state index contributed by atoms with van der Waals surface area (Å²) in [6.07, 6.45) is 0.0441. The van der Waals surface area contributed by atoms with Gasteiger partial charge in [-0.2, -0.15) is 5.26 Å². The molecule has 2 rings (SSSR count). The van der Waals surface area contributed by atoms with Crippen LogP contribution in [0.2, 0.25) is 0 Å². The fraction of sp³-hybridized carbons (Fsp3) is 0.188. The molecule has 0 bridgehead atoms.